The van der Waals surface area contributed by atoms with Crippen LogP contribution in [-0.4, -0.2) is 17.1 Å². The van der Waals surface area contributed by atoms with Crippen LogP contribution in [0.2, 0.25) is 5.02 Å². The highest BCUT2D eigenvalue weighted by molar-refractivity contribution is 8.13. The summed E-state index contributed by atoms with van der Waals surface area (Å²) >= 11 is 9.51. The van der Waals surface area contributed by atoms with Crippen LogP contribution in [0.15, 0.2) is 28.1 Å². The van der Waals surface area contributed by atoms with Crippen molar-refractivity contribution in [3.05, 3.63) is 23.2 Å². The van der Waals surface area contributed by atoms with Crippen molar-refractivity contribution in [2.24, 2.45) is 4.99 Å². The lowest BCUT2D eigenvalue weighted by Gasteiger charge is -2.01. The molecule has 0 fully saturated rings. The lowest BCUT2D eigenvalue weighted by Crippen LogP contribution is -1.90. The summed E-state index contributed by atoms with van der Waals surface area (Å²) in [5.41, 5.74) is 1.02. The van der Waals surface area contributed by atoms with Gasteiger partial charge in [0, 0.05) is 22.1 Å². The van der Waals surface area contributed by atoms with Crippen LogP contribution in [0.1, 0.15) is 6.42 Å². The fourth-order valence-corrected chi connectivity index (χ4v) is 3.01. The normalized spacial score (nSPS) is 15.7. The van der Waals surface area contributed by atoms with Crippen molar-refractivity contribution < 1.29 is 0 Å². The molecular formula is C10H10ClNS2. The smallest absolute Gasteiger partial charge is 0.0789 e. The molecule has 0 saturated heterocycles. The van der Waals surface area contributed by atoms with Gasteiger partial charge in [0.05, 0.1) is 10.7 Å². The minimum absolute atomic E-state index is 0.760. The minimum Gasteiger partial charge on any atom is -0.245 e. The summed E-state index contributed by atoms with van der Waals surface area (Å²) in [4.78, 5) is 5.83. The van der Waals surface area contributed by atoms with Crippen LogP contribution in [-0.2, 0) is 0 Å². The monoisotopic (exact) mass is 243 g/mol. The van der Waals surface area contributed by atoms with Crippen molar-refractivity contribution >= 4 is 45.9 Å². The molecule has 0 unspecified atom stereocenters. The van der Waals surface area contributed by atoms with E-state index in [4.69, 9.17) is 11.6 Å². The van der Waals surface area contributed by atoms with Crippen LogP contribution in [0.5, 0.6) is 0 Å². The summed E-state index contributed by atoms with van der Waals surface area (Å²) in [7, 11) is 0. The quantitative estimate of drug-likeness (QED) is 0.676. The Morgan fingerprint density at radius 2 is 2.36 bits per heavy atom. The molecule has 1 nitrogen and oxygen atoms in total. The van der Waals surface area contributed by atoms with E-state index >= 15 is 0 Å². The summed E-state index contributed by atoms with van der Waals surface area (Å²) in [5, 5.41) is 1.95. The number of benzene rings is 1. The second kappa shape index (κ2) is 4.60. The van der Waals surface area contributed by atoms with Crippen molar-refractivity contribution in [1.82, 2.24) is 0 Å². The molecule has 0 atom stereocenters. The molecule has 0 N–H and O–H groups in total. The first-order valence-electron chi connectivity index (χ1n) is 4.33. The maximum absolute atomic E-state index is 5.94. The average molecular weight is 244 g/mol. The number of aliphatic imine (C=N–C) groups is 1. The molecule has 1 aromatic carbocycles. The van der Waals surface area contributed by atoms with Crippen molar-refractivity contribution in [3.63, 3.8) is 0 Å². The van der Waals surface area contributed by atoms with Gasteiger partial charge >= 0.3 is 0 Å². The van der Waals surface area contributed by atoms with Gasteiger partial charge in [0.25, 0.3) is 0 Å². The fourth-order valence-electron chi connectivity index (χ4n) is 1.29. The van der Waals surface area contributed by atoms with Gasteiger partial charge in [-0.3, -0.25) is 0 Å². The van der Waals surface area contributed by atoms with E-state index in [0.29, 0.717) is 0 Å². The lowest BCUT2D eigenvalue weighted by atomic mass is 10.3. The Morgan fingerprint density at radius 3 is 3.14 bits per heavy atom. The second-order valence-corrected chi connectivity index (χ2v) is 5.37. The zero-order valence-electron chi connectivity index (χ0n) is 7.79. The minimum atomic E-state index is 0.760. The Hall–Kier alpha value is -0.120. The number of hydrogen-bond donors (Lipinski definition) is 0. The number of hydrogen-bond acceptors (Lipinski definition) is 3. The van der Waals surface area contributed by atoms with E-state index in [1.54, 1.807) is 11.8 Å². The summed E-state index contributed by atoms with van der Waals surface area (Å²) in [6.07, 6.45) is 3.12. The molecule has 2 rings (SSSR count). The fraction of sp³-hybridized carbons (Fsp3) is 0.300. The third kappa shape index (κ3) is 2.27. The summed E-state index contributed by atoms with van der Waals surface area (Å²) in [6, 6.07) is 5.91. The van der Waals surface area contributed by atoms with Crippen LogP contribution in [0.4, 0.5) is 5.69 Å². The van der Waals surface area contributed by atoms with Gasteiger partial charge in [-0.15, -0.1) is 23.5 Å². The number of nitrogens with zero attached hydrogens (tertiary/aromatic N) is 1. The summed E-state index contributed by atoms with van der Waals surface area (Å²) in [6.45, 7) is 0. The molecule has 1 aromatic rings. The maximum Gasteiger partial charge on any atom is 0.0789 e. The predicted octanol–water partition coefficient (Wildman–Crippen LogP) is 4.23. The highest BCUT2D eigenvalue weighted by Gasteiger charge is 2.10. The van der Waals surface area contributed by atoms with Crippen LogP contribution >= 0.6 is 35.1 Å². The van der Waals surface area contributed by atoms with Crippen LogP contribution < -0.4 is 0 Å². The van der Waals surface area contributed by atoms with E-state index in [-0.39, 0.29) is 0 Å². The standard InChI is InChI=1S/C10H10ClNS2/c1-13-10-4-5-14-9-3-2-7(11)6-8(9)12-10/h2-3,6H,4-5H2,1H3. The van der Waals surface area contributed by atoms with Gasteiger partial charge in [-0.1, -0.05) is 11.6 Å². The van der Waals surface area contributed by atoms with E-state index in [9.17, 15) is 0 Å². The molecule has 1 heterocycles. The zero-order valence-corrected chi connectivity index (χ0v) is 10.2. The van der Waals surface area contributed by atoms with Crippen LogP contribution in [0, 0.1) is 0 Å². The topological polar surface area (TPSA) is 12.4 Å². The largest absolute Gasteiger partial charge is 0.245 e. The third-order valence-electron chi connectivity index (χ3n) is 1.98. The van der Waals surface area contributed by atoms with E-state index in [1.807, 2.05) is 23.9 Å². The van der Waals surface area contributed by atoms with Gasteiger partial charge in [0.1, 0.15) is 0 Å². The first-order valence-corrected chi connectivity index (χ1v) is 6.92. The van der Waals surface area contributed by atoms with Gasteiger partial charge in [-0.2, -0.15) is 0 Å². The van der Waals surface area contributed by atoms with Crippen molar-refractivity contribution in [1.29, 1.82) is 0 Å². The van der Waals surface area contributed by atoms with Gasteiger partial charge < -0.3 is 0 Å². The lowest BCUT2D eigenvalue weighted by molar-refractivity contribution is 1.34. The second-order valence-electron chi connectivity index (χ2n) is 2.92. The highest BCUT2D eigenvalue weighted by atomic mass is 35.5. The van der Waals surface area contributed by atoms with Gasteiger partial charge in [0.2, 0.25) is 0 Å². The van der Waals surface area contributed by atoms with Gasteiger partial charge in [-0.05, 0) is 24.5 Å². The Morgan fingerprint density at radius 1 is 1.50 bits per heavy atom. The third-order valence-corrected chi connectivity index (χ3v) is 4.04. The van der Waals surface area contributed by atoms with Crippen LogP contribution in [0.3, 0.4) is 0 Å². The van der Waals surface area contributed by atoms with Crippen molar-refractivity contribution in [2.45, 2.75) is 11.3 Å². The SMILES string of the molecule is CSC1=Nc2cc(Cl)ccc2SCC1. The molecule has 1 aliphatic rings. The molecular weight excluding hydrogens is 234 g/mol. The Kier molecular flexibility index (Phi) is 3.42. The molecule has 1 aliphatic heterocycles. The molecule has 0 bridgehead atoms. The molecule has 0 radical (unpaired) electrons. The van der Waals surface area contributed by atoms with Gasteiger partial charge in [0.15, 0.2) is 0 Å². The Bertz CT molecular complexity index is 376. The van der Waals surface area contributed by atoms with Crippen molar-refractivity contribution in [2.75, 3.05) is 12.0 Å². The molecule has 14 heavy (non-hydrogen) atoms. The number of thioether (sulfide) groups is 2. The molecule has 74 valence electrons. The maximum atomic E-state index is 5.94. The number of halogens is 1. The number of rotatable bonds is 0. The van der Waals surface area contributed by atoms with E-state index in [1.165, 1.54) is 9.94 Å². The Labute approximate surface area is 97.3 Å². The molecule has 0 spiro atoms. The Balaban J connectivity index is 2.44. The number of fused-ring (bicyclic) bond motifs is 1. The summed E-state index contributed by atoms with van der Waals surface area (Å²) < 4.78 is 0. The van der Waals surface area contributed by atoms with E-state index < -0.39 is 0 Å². The van der Waals surface area contributed by atoms with Crippen LogP contribution in [0.25, 0.3) is 0 Å². The molecule has 0 amide bonds. The van der Waals surface area contributed by atoms with Gasteiger partial charge in [-0.25, -0.2) is 4.99 Å². The molecule has 4 heteroatoms. The zero-order chi connectivity index (χ0) is 9.97. The summed E-state index contributed by atoms with van der Waals surface area (Å²) in [5.74, 6) is 1.11. The average Bonchev–Trinajstić information content (AvgIpc) is 2.38. The predicted molar refractivity (Wildman–Crippen MR) is 67.4 cm³/mol. The van der Waals surface area contributed by atoms with E-state index in [0.717, 1.165) is 22.9 Å². The molecule has 0 aromatic heterocycles. The first kappa shape index (κ1) is 10.4. The highest BCUT2D eigenvalue weighted by Crippen LogP contribution is 2.36. The molecule has 0 aliphatic carbocycles. The van der Waals surface area contributed by atoms with E-state index in [2.05, 4.69) is 17.3 Å². The first-order chi connectivity index (χ1) is 6.79. The molecule has 0 saturated carbocycles. The van der Waals surface area contributed by atoms with Crippen molar-refractivity contribution in [3.8, 4) is 0 Å².